The van der Waals surface area contributed by atoms with Crippen molar-refractivity contribution in [3.05, 3.63) is 29.6 Å². The Morgan fingerprint density at radius 2 is 2.20 bits per heavy atom. The van der Waals surface area contributed by atoms with Crippen molar-refractivity contribution in [3.8, 4) is 11.8 Å². The number of thioether (sulfide) groups is 1. The molecule has 0 bridgehead atoms. The van der Waals surface area contributed by atoms with E-state index in [0.717, 1.165) is 24.3 Å². The molecule has 0 fully saturated rings. The van der Waals surface area contributed by atoms with E-state index in [4.69, 9.17) is 5.73 Å². The number of sulfonamides is 1. The van der Waals surface area contributed by atoms with Crippen molar-refractivity contribution >= 4 is 21.8 Å². The summed E-state index contributed by atoms with van der Waals surface area (Å²) >= 11 is 1.64. The van der Waals surface area contributed by atoms with Gasteiger partial charge in [-0.25, -0.2) is 17.5 Å². The number of hydrogen-bond donors (Lipinski definition) is 2. The molecule has 0 spiro atoms. The standard InChI is InChI=1S/C13H17FN2O2S2/c1-19-9-3-8-16-20(17,18)13-6-5-12(14)10-11(13)4-2-7-15/h5-6,10,16H,3,7-9,15H2,1H3. The van der Waals surface area contributed by atoms with E-state index in [1.54, 1.807) is 11.8 Å². The first kappa shape index (κ1) is 17.0. The molecule has 1 aromatic rings. The third-order valence-corrected chi connectivity index (χ3v) is 4.59. The highest BCUT2D eigenvalue weighted by Gasteiger charge is 2.17. The predicted octanol–water partition coefficient (Wildman–Crippen LogP) is 1.17. The van der Waals surface area contributed by atoms with Gasteiger partial charge in [-0.05, 0) is 36.6 Å². The van der Waals surface area contributed by atoms with Crippen molar-refractivity contribution in [1.82, 2.24) is 4.72 Å². The molecular weight excluding hydrogens is 299 g/mol. The first-order valence-electron chi connectivity index (χ1n) is 5.98. The molecule has 0 unspecified atom stereocenters. The molecule has 0 amide bonds. The van der Waals surface area contributed by atoms with Crippen molar-refractivity contribution in [2.75, 3.05) is 25.1 Å². The van der Waals surface area contributed by atoms with Crippen LogP contribution < -0.4 is 10.5 Å². The fourth-order valence-corrected chi connectivity index (χ4v) is 3.13. The van der Waals surface area contributed by atoms with Gasteiger partial charge in [0.05, 0.1) is 11.4 Å². The molecule has 0 heterocycles. The number of rotatable bonds is 6. The van der Waals surface area contributed by atoms with Gasteiger partial charge in [-0.15, -0.1) is 0 Å². The van der Waals surface area contributed by atoms with E-state index in [9.17, 15) is 12.8 Å². The van der Waals surface area contributed by atoms with E-state index in [1.165, 1.54) is 6.07 Å². The number of hydrogen-bond acceptors (Lipinski definition) is 4. The highest BCUT2D eigenvalue weighted by Crippen LogP contribution is 2.16. The van der Waals surface area contributed by atoms with E-state index in [-0.39, 0.29) is 17.0 Å². The lowest BCUT2D eigenvalue weighted by atomic mass is 10.2. The van der Waals surface area contributed by atoms with Crippen molar-refractivity contribution in [2.45, 2.75) is 11.3 Å². The average molecular weight is 316 g/mol. The average Bonchev–Trinajstić information content (AvgIpc) is 2.41. The Bertz CT molecular complexity index is 607. The zero-order valence-electron chi connectivity index (χ0n) is 11.1. The van der Waals surface area contributed by atoms with E-state index < -0.39 is 15.8 Å². The summed E-state index contributed by atoms with van der Waals surface area (Å²) in [6.07, 6.45) is 2.68. The van der Waals surface area contributed by atoms with Crippen LogP contribution in [0.4, 0.5) is 4.39 Å². The van der Waals surface area contributed by atoms with Gasteiger partial charge in [-0.1, -0.05) is 11.8 Å². The Kier molecular flexibility index (Phi) is 7.02. The molecule has 20 heavy (non-hydrogen) atoms. The summed E-state index contributed by atoms with van der Waals surface area (Å²) in [4.78, 5) is -0.0241. The summed E-state index contributed by atoms with van der Waals surface area (Å²) in [5, 5.41) is 0. The minimum atomic E-state index is -3.69. The lowest BCUT2D eigenvalue weighted by Gasteiger charge is -2.08. The molecule has 0 aromatic heterocycles. The zero-order valence-corrected chi connectivity index (χ0v) is 12.8. The molecule has 7 heteroatoms. The van der Waals surface area contributed by atoms with Gasteiger partial charge in [0.1, 0.15) is 5.82 Å². The molecule has 0 aliphatic rings. The Hall–Kier alpha value is -1.07. The van der Waals surface area contributed by atoms with Crippen LogP contribution in [0, 0.1) is 17.7 Å². The fraction of sp³-hybridized carbons (Fsp3) is 0.385. The first-order chi connectivity index (χ1) is 9.51. The predicted molar refractivity (Wildman–Crippen MR) is 80.5 cm³/mol. The molecule has 4 nitrogen and oxygen atoms in total. The SMILES string of the molecule is CSCCCNS(=O)(=O)c1ccc(F)cc1C#CCN. The molecular formula is C13H17FN2O2S2. The normalized spacial score (nSPS) is 10.9. The monoisotopic (exact) mass is 316 g/mol. The molecule has 0 radical (unpaired) electrons. The fourth-order valence-electron chi connectivity index (χ4n) is 1.48. The maximum atomic E-state index is 13.2. The summed E-state index contributed by atoms with van der Waals surface area (Å²) in [6, 6.07) is 3.41. The van der Waals surface area contributed by atoms with Crippen LogP contribution in [0.15, 0.2) is 23.1 Å². The van der Waals surface area contributed by atoms with E-state index >= 15 is 0 Å². The van der Waals surface area contributed by atoms with Gasteiger partial charge in [0, 0.05) is 12.1 Å². The number of halogens is 1. The van der Waals surface area contributed by atoms with E-state index in [1.807, 2.05) is 6.26 Å². The topological polar surface area (TPSA) is 72.2 Å². The largest absolute Gasteiger partial charge is 0.320 e. The van der Waals surface area contributed by atoms with Crippen LogP contribution in [0.1, 0.15) is 12.0 Å². The smallest absolute Gasteiger partial charge is 0.241 e. The Morgan fingerprint density at radius 3 is 2.85 bits per heavy atom. The van der Waals surface area contributed by atoms with Crippen LogP contribution in [0.2, 0.25) is 0 Å². The second kappa shape index (κ2) is 8.27. The van der Waals surface area contributed by atoms with E-state index in [0.29, 0.717) is 6.54 Å². The summed E-state index contributed by atoms with van der Waals surface area (Å²) in [6.45, 7) is 0.418. The third-order valence-electron chi connectivity index (χ3n) is 2.37. The van der Waals surface area contributed by atoms with Gasteiger partial charge in [-0.2, -0.15) is 11.8 Å². The molecule has 0 atom stereocenters. The first-order valence-corrected chi connectivity index (χ1v) is 8.86. The van der Waals surface area contributed by atoms with Crippen LogP contribution in [0.3, 0.4) is 0 Å². The number of benzene rings is 1. The van der Waals surface area contributed by atoms with Crippen molar-refractivity contribution in [1.29, 1.82) is 0 Å². The lowest BCUT2D eigenvalue weighted by Crippen LogP contribution is -2.26. The van der Waals surface area contributed by atoms with E-state index in [2.05, 4.69) is 16.6 Å². The summed E-state index contributed by atoms with van der Waals surface area (Å²) in [5.74, 6) is 5.45. The molecule has 0 saturated heterocycles. The summed E-state index contributed by atoms with van der Waals surface area (Å²) in [5.41, 5.74) is 5.37. The Labute approximate surface area is 123 Å². The Balaban J connectivity index is 2.99. The molecule has 3 N–H and O–H groups in total. The van der Waals surface area contributed by atoms with Crippen LogP contribution in [-0.4, -0.2) is 33.5 Å². The maximum absolute atomic E-state index is 13.2. The molecule has 0 aliphatic heterocycles. The van der Waals surface area contributed by atoms with Crippen LogP contribution in [0.25, 0.3) is 0 Å². The highest BCUT2D eigenvalue weighted by molar-refractivity contribution is 7.98. The maximum Gasteiger partial charge on any atom is 0.241 e. The van der Waals surface area contributed by atoms with Gasteiger partial charge in [0.25, 0.3) is 0 Å². The van der Waals surface area contributed by atoms with Crippen LogP contribution in [0.5, 0.6) is 0 Å². The van der Waals surface area contributed by atoms with Crippen LogP contribution >= 0.6 is 11.8 Å². The zero-order chi connectivity index (χ0) is 15.0. The quantitative estimate of drug-likeness (QED) is 0.610. The van der Waals surface area contributed by atoms with Crippen molar-refractivity contribution in [3.63, 3.8) is 0 Å². The number of nitrogens with one attached hydrogen (secondary N) is 1. The third kappa shape index (κ3) is 5.13. The molecule has 1 rings (SSSR count). The Morgan fingerprint density at radius 1 is 1.45 bits per heavy atom. The summed E-state index contributed by atoms with van der Waals surface area (Å²) in [7, 11) is -3.69. The summed E-state index contributed by atoms with van der Waals surface area (Å²) < 4.78 is 40.0. The van der Waals surface area contributed by atoms with Crippen LogP contribution in [-0.2, 0) is 10.0 Å². The second-order valence-electron chi connectivity index (χ2n) is 3.89. The van der Waals surface area contributed by atoms with Gasteiger partial charge < -0.3 is 5.73 Å². The lowest BCUT2D eigenvalue weighted by molar-refractivity contribution is 0.580. The van der Waals surface area contributed by atoms with Gasteiger partial charge in [0.2, 0.25) is 10.0 Å². The second-order valence-corrected chi connectivity index (χ2v) is 6.61. The minimum Gasteiger partial charge on any atom is -0.320 e. The molecule has 1 aromatic carbocycles. The van der Waals surface area contributed by atoms with Crippen molar-refractivity contribution in [2.24, 2.45) is 5.73 Å². The van der Waals surface area contributed by atoms with Gasteiger partial charge >= 0.3 is 0 Å². The van der Waals surface area contributed by atoms with Gasteiger partial charge in [0.15, 0.2) is 0 Å². The van der Waals surface area contributed by atoms with Crippen molar-refractivity contribution < 1.29 is 12.8 Å². The molecule has 110 valence electrons. The minimum absolute atomic E-state index is 0.0241. The highest BCUT2D eigenvalue weighted by atomic mass is 32.2. The number of nitrogens with two attached hydrogens (primary N) is 1. The van der Waals surface area contributed by atoms with Gasteiger partial charge in [-0.3, -0.25) is 0 Å². The molecule has 0 saturated carbocycles. The molecule has 0 aliphatic carbocycles.